The van der Waals surface area contributed by atoms with Crippen LogP contribution in [-0.4, -0.2) is 29.3 Å². The minimum atomic E-state index is -0.552. The molecule has 3 aromatic rings. The number of rotatable bonds is 6. The number of benzene rings is 2. The number of carbonyl (C=O) groups excluding carboxylic acids is 1. The Morgan fingerprint density at radius 3 is 2.50 bits per heavy atom. The first kappa shape index (κ1) is 17.5. The first-order valence-corrected chi connectivity index (χ1v) is 8.20. The van der Waals surface area contributed by atoms with Crippen LogP contribution in [0.15, 0.2) is 60.7 Å². The van der Waals surface area contributed by atoms with E-state index in [1.807, 2.05) is 37.3 Å². The topological polar surface area (TPSA) is 64.1 Å². The number of nitrogens with zero attached hydrogens (tertiary/aromatic N) is 2. The Labute approximate surface area is 150 Å². The maximum atomic E-state index is 13.5. The van der Waals surface area contributed by atoms with Crippen LogP contribution in [0.25, 0.3) is 11.3 Å². The minimum Gasteiger partial charge on any atom is -0.475 e. The molecule has 2 aromatic carbocycles. The molecule has 3 rings (SSSR count). The lowest BCUT2D eigenvalue weighted by Gasteiger charge is -2.08. The Hall–Kier alpha value is -3.28. The van der Waals surface area contributed by atoms with Crippen molar-refractivity contribution in [1.29, 1.82) is 0 Å². The Bertz CT molecular complexity index is 880. The molecule has 26 heavy (non-hydrogen) atoms. The van der Waals surface area contributed by atoms with Gasteiger partial charge in [-0.05, 0) is 25.1 Å². The van der Waals surface area contributed by atoms with Crippen molar-refractivity contribution in [2.45, 2.75) is 6.92 Å². The van der Waals surface area contributed by atoms with Gasteiger partial charge in [-0.1, -0.05) is 42.0 Å². The van der Waals surface area contributed by atoms with E-state index in [2.05, 4.69) is 15.5 Å². The number of ether oxygens (including phenoxy) is 1. The van der Waals surface area contributed by atoms with Crippen LogP contribution in [0.2, 0.25) is 0 Å². The molecule has 0 saturated heterocycles. The van der Waals surface area contributed by atoms with Crippen molar-refractivity contribution in [2.24, 2.45) is 0 Å². The molecular formula is C20H18FN3O2. The van der Waals surface area contributed by atoms with Crippen molar-refractivity contribution in [3.05, 3.63) is 77.6 Å². The zero-order valence-corrected chi connectivity index (χ0v) is 14.3. The van der Waals surface area contributed by atoms with Crippen LogP contribution in [0.1, 0.15) is 15.9 Å². The number of aryl methyl sites for hydroxylation is 1. The molecule has 132 valence electrons. The number of amides is 1. The first-order valence-electron chi connectivity index (χ1n) is 8.20. The van der Waals surface area contributed by atoms with Gasteiger partial charge < -0.3 is 10.1 Å². The summed E-state index contributed by atoms with van der Waals surface area (Å²) in [4.78, 5) is 11.9. The molecule has 1 heterocycles. The summed E-state index contributed by atoms with van der Waals surface area (Å²) in [5.41, 5.74) is 2.92. The molecule has 0 saturated carbocycles. The second-order valence-corrected chi connectivity index (χ2v) is 5.71. The van der Waals surface area contributed by atoms with E-state index in [1.54, 1.807) is 12.1 Å². The van der Waals surface area contributed by atoms with Gasteiger partial charge in [0.1, 0.15) is 12.4 Å². The van der Waals surface area contributed by atoms with Crippen LogP contribution in [0, 0.1) is 12.7 Å². The normalized spacial score (nSPS) is 10.4. The van der Waals surface area contributed by atoms with Gasteiger partial charge in [-0.3, -0.25) is 4.79 Å². The summed E-state index contributed by atoms with van der Waals surface area (Å²) >= 11 is 0. The quantitative estimate of drug-likeness (QED) is 0.692. The fraction of sp³-hybridized carbons (Fsp3) is 0.150. The molecular weight excluding hydrogens is 333 g/mol. The average Bonchev–Trinajstić information content (AvgIpc) is 2.66. The van der Waals surface area contributed by atoms with Crippen LogP contribution in [0.5, 0.6) is 5.88 Å². The summed E-state index contributed by atoms with van der Waals surface area (Å²) < 4.78 is 19.0. The maximum Gasteiger partial charge on any atom is 0.254 e. The highest BCUT2D eigenvalue weighted by molar-refractivity contribution is 5.94. The van der Waals surface area contributed by atoms with Gasteiger partial charge in [0.15, 0.2) is 0 Å². The third-order valence-corrected chi connectivity index (χ3v) is 3.74. The second-order valence-electron chi connectivity index (χ2n) is 5.71. The van der Waals surface area contributed by atoms with Gasteiger partial charge >= 0.3 is 0 Å². The monoisotopic (exact) mass is 351 g/mol. The third kappa shape index (κ3) is 4.42. The predicted molar refractivity (Wildman–Crippen MR) is 96.4 cm³/mol. The average molecular weight is 351 g/mol. The lowest BCUT2D eigenvalue weighted by Crippen LogP contribution is -2.28. The predicted octanol–water partition coefficient (Wildman–Crippen LogP) is 3.40. The van der Waals surface area contributed by atoms with E-state index >= 15 is 0 Å². The van der Waals surface area contributed by atoms with Crippen LogP contribution in [0.3, 0.4) is 0 Å². The van der Waals surface area contributed by atoms with Crippen LogP contribution < -0.4 is 10.1 Å². The molecule has 0 bridgehead atoms. The van der Waals surface area contributed by atoms with Crippen molar-refractivity contribution in [1.82, 2.24) is 15.5 Å². The van der Waals surface area contributed by atoms with Crippen molar-refractivity contribution in [3.63, 3.8) is 0 Å². The van der Waals surface area contributed by atoms with Crippen molar-refractivity contribution < 1.29 is 13.9 Å². The minimum absolute atomic E-state index is 0.00902. The molecule has 0 fully saturated rings. The zero-order chi connectivity index (χ0) is 18.4. The maximum absolute atomic E-state index is 13.5. The van der Waals surface area contributed by atoms with Crippen molar-refractivity contribution in [3.8, 4) is 17.1 Å². The molecule has 0 aliphatic carbocycles. The van der Waals surface area contributed by atoms with E-state index < -0.39 is 11.7 Å². The van der Waals surface area contributed by atoms with Gasteiger partial charge in [-0.2, -0.15) is 0 Å². The standard InChI is InChI=1S/C20H18FN3O2/c1-14-6-8-15(9-7-14)18-10-11-19(24-23-18)26-13-12-22-20(25)16-4-2-3-5-17(16)21/h2-11H,12-13H2,1H3,(H,22,25). The highest BCUT2D eigenvalue weighted by Crippen LogP contribution is 2.18. The van der Waals surface area contributed by atoms with Gasteiger partial charge in [-0.15, -0.1) is 10.2 Å². The molecule has 6 heteroatoms. The number of nitrogens with one attached hydrogen (secondary N) is 1. The lowest BCUT2D eigenvalue weighted by atomic mass is 10.1. The van der Waals surface area contributed by atoms with Gasteiger partial charge in [0.25, 0.3) is 5.91 Å². The SMILES string of the molecule is Cc1ccc(-c2ccc(OCCNC(=O)c3ccccc3F)nn2)cc1. The van der Waals surface area contributed by atoms with E-state index in [9.17, 15) is 9.18 Å². The van der Waals surface area contributed by atoms with Gasteiger partial charge in [0.05, 0.1) is 17.8 Å². The molecule has 1 aromatic heterocycles. The van der Waals surface area contributed by atoms with Crippen LogP contribution in [-0.2, 0) is 0 Å². The highest BCUT2D eigenvalue weighted by atomic mass is 19.1. The van der Waals surface area contributed by atoms with Crippen LogP contribution >= 0.6 is 0 Å². The zero-order valence-electron chi connectivity index (χ0n) is 14.3. The van der Waals surface area contributed by atoms with E-state index in [1.165, 1.54) is 23.8 Å². The van der Waals surface area contributed by atoms with Gasteiger partial charge in [0, 0.05) is 11.6 Å². The third-order valence-electron chi connectivity index (χ3n) is 3.74. The van der Waals surface area contributed by atoms with Gasteiger partial charge in [0.2, 0.25) is 5.88 Å². The highest BCUT2D eigenvalue weighted by Gasteiger charge is 2.09. The summed E-state index contributed by atoms with van der Waals surface area (Å²) in [6.07, 6.45) is 0. The Morgan fingerprint density at radius 2 is 1.81 bits per heavy atom. The van der Waals surface area contributed by atoms with Crippen molar-refractivity contribution >= 4 is 5.91 Å². The fourth-order valence-electron chi connectivity index (χ4n) is 2.34. The van der Waals surface area contributed by atoms with E-state index in [0.29, 0.717) is 5.88 Å². The Balaban J connectivity index is 1.49. The molecule has 5 nitrogen and oxygen atoms in total. The number of hydrogen-bond donors (Lipinski definition) is 1. The summed E-state index contributed by atoms with van der Waals surface area (Å²) in [6, 6.07) is 17.4. The molecule has 0 atom stereocenters. The summed E-state index contributed by atoms with van der Waals surface area (Å²) in [5, 5.41) is 10.8. The number of carbonyl (C=O) groups is 1. The molecule has 0 unspecified atom stereocenters. The number of halogens is 1. The lowest BCUT2D eigenvalue weighted by molar-refractivity contribution is 0.0942. The smallest absolute Gasteiger partial charge is 0.254 e. The molecule has 0 spiro atoms. The van der Waals surface area contributed by atoms with Gasteiger partial charge in [-0.25, -0.2) is 4.39 Å². The Morgan fingerprint density at radius 1 is 1.04 bits per heavy atom. The molecule has 1 amide bonds. The second kappa shape index (κ2) is 8.20. The molecule has 0 radical (unpaired) electrons. The van der Waals surface area contributed by atoms with E-state index in [-0.39, 0.29) is 18.7 Å². The molecule has 1 N–H and O–H groups in total. The summed E-state index contributed by atoms with van der Waals surface area (Å²) in [6.45, 7) is 2.46. The fourth-order valence-corrected chi connectivity index (χ4v) is 2.34. The molecule has 0 aliphatic rings. The molecule has 0 aliphatic heterocycles. The Kier molecular flexibility index (Phi) is 5.53. The largest absolute Gasteiger partial charge is 0.475 e. The first-order chi connectivity index (χ1) is 12.6. The summed E-state index contributed by atoms with van der Waals surface area (Å²) in [5.74, 6) is -0.669. The number of aromatic nitrogens is 2. The number of hydrogen-bond acceptors (Lipinski definition) is 4. The van der Waals surface area contributed by atoms with Crippen molar-refractivity contribution in [2.75, 3.05) is 13.2 Å². The summed E-state index contributed by atoms with van der Waals surface area (Å²) in [7, 11) is 0. The van der Waals surface area contributed by atoms with Crippen LogP contribution in [0.4, 0.5) is 4.39 Å². The van der Waals surface area contributed by atoms with E-state index in [4.69, 9.17) is 4.74 Å². The van der Waals surface area contributed by atoms with E-state index in [0.717, 1.165) is 11.3 Å².